The van der Waals surface area contributed by atoms with Crippen LogP contribution in [0.1, 0.15) is 35.1 Å². The Morgan fingerprint density at radius 1 is 1.13 bits per heavy atom. The van der Waals surface area contributed by atoms with Crippen LogP contribution in [0.25, 0.3) is 0 Å². The molecule has 2 aromatic rings. The average Bonchev–Trinajstić information content (AvgIpc) is 3.36. The Morgan fingerprint density at radius 3 is 2.71 bits per heavy atom. The van der Waals surface area contributed by atoms with Crippen molar-refractivity contribution in [2.45, 2.75) is 39.5 Å². The fourth-order valence-electron chi connectivity index (χ4n) is 4.53. The predicted octanol–water partition coefficient (Wildman–Crippen LogP) is 3.24. The van der Waals surface area contributed by atoms with E-state index < -0.39 is 5.92 Å². The van der Waals surface area contributed by atoms with Crippen LogP contribution in [0.4, 0.5) is 11.4 Å². The van der Waals surface area contributed by atoms with Crippen LogP contribution in [0.2, 0.25) is 0 Å². The summed E-state index contributed by atoms with van der Waals surface area (Å²) in [6.07, 6.45) is 3.48. The number of carbonyl (C=O) groups is 3. The number of benzene rings is 2. The van der Waals surface area contributed by atoms with Gasteiger partial charge in [0.05, 0.1) is 12.5 Å². The van der Waals surface area contributed by atoms with Crippen LogP contribution in [0.3, 0.4) is 0 Å². The van der Waals surface area contributed by atoms with E-state index in [1.807, 2.05) is 38.1 Å². The van der Waals surface area contributed by atoms with Crippen LogP contribution in [0.5, 0.6) is 0 Å². The highest BCUT2D eigenvalue weighted by atomic mass is 16.2. The molecule has 0 saturated carbocycles. The molecule has 162 valence electrons. The van der Waals surface area contributed by atoms with Crippen molar-refractivity contribution in [2.24, 2.45) is 5.92 Å². The second-order valence-corrected chi connectivity index (χ2v) is 8.70. The van der Waals surface area contributed by atoms with Gasteiger partial charge in [0.25, 0.3) is 0 Å². The van der Waals surface area contributed by atoms with E-state index in [1.165, 1.54) is 16.0 Å². The molecule has 1 aliphatic carbocycles. The van der Waals surface area contributed by atoms with Gasteiger partial charge in [-0.05, 0) is 73.6 Å². The maximum absolute atomic E-state index is 12.9. The van der Waals surface area contributed by atoms with Gasteiger partial charge >= 0.3 is 0 Å². The molecule has 0 bridgehead atoms. The van der Waals surface area contributed by atoms with E-state index in [-0.39, 0.29) is 30.7 Å². The first kappa shape index (κ1) is 21.1. The molecule has 1 saturated heterocycles. The van der Waals surface area contributed by atoms with Crippen LogP contribution in [0.15, 0.2) is 36.4 Å². The molecule has 1 atom stereocenters. The predicted molar refractivity (Wildman–Crippen MR) is 121 cm³/mol. The van der Waals surface area contributed by atoms with Crippen molar-refractivity contribution in [1.82, 2.24) is 4.90 Å². The first-order chi connectivity index (χ1) is 14.8. The molecular formula is C25H29N3O3. The first-order valence-corrected chi connectivity index (χ1v) is 10.9. The number of aryl methyl sites for hydroxylation is 3. The standard InChI is InChI=1S/C25H29N3O3/c1-16-6-4-9-22(17(16)2)26-23(29)15-27(3)25(31)20-13-24(30)28(14-20)21-11-10-18-7-5-8-19(18)12-21/h4,6,9-12,20H,5,7-8,13-15H2,1-3H3,(H,26,29). The van der Waals surface area contributed by atoms with Gasteiger partial charge in [-0.2, -0.15) is 0 Å². The number of hydrogen-bond acceptors (Lipinski definition) is 3. The highest BCUT2D eigenvalue weighted by Gasteiger charge is 2.37. The van der Waals surface area contributed by atoms with Gasteiger partial charge in [0.15, 0.2) is 0 Å². The van der Waals surface area contributed by atoms with E-state index >= 15 is 0 Å². The SMILES string of the molecule is Cc1cccc(NC(=O)CN(C)C(=O)C2CC(=O)N(c3ccc4c(c3)CCC4)C2)c1C. The summed E-state index contributed by atoms with van der Waals surface area (Å²) >= 11 is 0. The number of hydrogen-bond donors (Lipinski definition) is 1. The molecule has 1 heterocycles. The zero-order chi connectivity index (χ0) is 22.1. The van der Waals surface area contributed by atoms with Gasteiger partial charge in [-0.1, -0.05) is 18.2 Å². The molecule has 6 nitrogen and oxygen atoms in total. The number of amides is 3. The number of fused-ring (bicyclic) bond motifs is 1. The van der Waals surface area contributed by atoms with E-state index in [0.717, 1.165) is 41.8 Å². The van der Waals surface area contributed by atoms with E-state index in [1.54, 1.807) is 11.9 Å². The third kappa shape index (κ3) is 4.33. The summed E-state index contributed by atoms with van der Waals surface area (Å²) in [4.78, 5) is 41.2. The molecular weight excluding hydrogens is 390 g/mol. The largest absolute Gasteiger partial charge is 0.336 e. The topological polar surface area (TPSA) is 69.7 Å². The molecule has 31 heavy (non-hydrogen) atoms. The fourth-order valence-corrected chi connectivity index (χ4v) is 4.53. The molecule has 2 aromatic carbocycles. The number of carbonyl (C=O) groups excluding carboxylic acids is 3. The monoisotopic (exact) mass is 419 g/mol. The van der Waals surface area contributed by atoms with Crippen molar-refractivity contribution in [3.05, 3.63) is 58.7 Å². The lowest BCUT2D eigenvalue weighted by Gasteiger charge is -2.22. The second kappa shape index (κ2) is 8.53. The van der Waals surface area contributed by atoms with Gasteiger partial charge in [0.1, 0.15) is 0 Å². The third-order valence-electron chi connectivity index (χ3n) is 6.50. The summed E-state index contributed by atoms with van der Waals surface area (Å²) < 4.78 is 0. The quantitative estimate of drug-likeness (QED) is 0.809. The summed E-state index contributed by atoms with van der Waals surface area (Å²) in [5.74, 6) is -0.888. The zero-order valence-electron chi connectivity index (χ0n) is 18.4. The Balaban J connectivity index is 1.37. The number of anilines is 2. The van der Waals surface area contributed by atoms with E-state index in [2.05, 4.69) is 17.4 Å². The first-order valence-electron chi connectivity index (χ1n) is 10.9. The second-order valence-electron chi connectivity index (χ2n) is 8.70. The van der Waals surface area contributed by atoms with Crippen LogP contribution < -0.4 is 10.2 Å². The van der Waals surface area contributed by atoms with Crippen molar-refractivity contribution in [3.63, 3.8) is 0 Å². The zero-order valence-corrected chi connectivity index (χ0v) is 18.4. The Morgan fingerprint density at radius 2 is 1.90 bits per heavy atom. The summed E-state index contributed by atoms with van der Waals surface area (Å²) in [7, 11) is 1.62. The molecule has 1 unspecified atom stereocenters. The molecule has 1 N–H and O–H groups in total. The Bertz CT molecular complexity index is 1050. The lowest BCUT2D eigenvalue weighted by Crippen LogP contribution is -2.39. The van der Waals surface area contributed by atoms with Gasteiger partial charge in [-0.3, -0.25) is 14.4 Å². The van der Waals surface area contributed by atoms with Gasteiger partial charge in [-0.15, -0.1) is 0 Å². The van der Waals surface area contributed by atoms with Crippen molar-refractivity contribution in [3.8, 4) is 0 Å². The molecule has 0 spiro atoms. The molecule has 0 radical (unpaired) electrons. The van der Waals surface area contributed by atoms with Crippen LogP contribution in [0, 0.1) is 19.8 Å². The fraction of sp³-hybridized carbons (Fsp3) is 0.400. The lowest BCUT2D eigenvalue weighted by atomic mass is 10.1. The normalized spacial score (nSPS) is 17.6. The van der Waals surface area contributed by atoms with Gasteiger partial charge < -0.3 is 15.1 Å². The number of rotatable bonds is 5. The van der Waals surface area contributed by atoms with E-state index in [4.69, 9.17) is 0 Å². The molecule has 3 amide bonds. The minimum Gasteiger partial charge on any atom is -0.336 e. The Labute approximate surface area is 183 Å². The molecule has 0 aromatic heterocycles. The molecule has 4 rings (SSSR count). The van der Waals surface area contributed by atoms with Gasteiger partial charge in [0, 0.05) is 31.4 Å². The third-order valence-corrected chi connectivity index (χ3v) is 6.50. The Hall–Kier alpha value is -3.15. The molecule has 2 aliphatic rings. The summed E-state index contributed by atoms with van der Waals surface area (Å²) in [6, 6.07) is 11.9. The summed E-state index contributed by atoms with van der Waals surface area (Å²) in [5, 5.41) is 2.88. The minimum atomic E-state index is -0.431. The lowest BCUT2D eigenvalue weighted by molar-refractivity contribution is -0.137. The summed E-state index contributed by atoms with van der Waals surface area (Å²) in [5.41, 5.74) is 6.40. The van der Waals surface area contributed by atoms with Crippen molar-refractivity contribution in [1.29, 1.82) is 0 Å². The smallest absolute Gasteiger partial charge is 0.243 e. The van der Waals surface area contributed by atoms with E-state index in [9.17, 15) is 14.4 Å². The molecule has 1 fully saturated rings. The molecule has 1 aliphatic heterocycles. The van der Waals surface area contributed by atoms with Crippen LogP contribution in [-0.4, -0.2) is 42.8 Å². The van der Waals surface area contributed by atoms with Crippen LogP contribution in [-0.2, 0) is 27.2 Å². The summed E-state index contributed by atoms with van der Waals surface area (Å²) in [6.45, 7) is 4.26. The number of nitrogens with zero attached hydrogens (tertiary/aromatic N) is 2. The maximum Gasteiger partial charge on any atom is 0.243 e. The van der Waals surface area contributed by atoms with Gasteiger partial charge in [0.2, 0.25) is 17.7 Å². The van der Waals surface area contributed by atoms with Crippen molar-refractivity contribution < 1.29 is 14.4 Å². The molecule has 6 heteroatoms. The number of likely N-dealkylation sites (N-methyl/N-ethyl adjacent to an activating group) is 1. The highest BCUT2D eigenvalue weighted by molar-refractivity contribution is 6.01. The average molecular weight is 420 g/mol. The van der Waals surface area contributed by atoms with Crippen molar-refractivity contribution in [2.75, 3.05) is 30.4 Å². The maximum atomic E-state index is 12.9. The van der Waals surface area contributed by atoms with Crippen molar-refractivity contribution >= 4 is 29.1 Å². The minimum absolute atomic E-state index is 0.0375. The van der Waals surface area contributed by atoms with E-state index in [0.29, 0.717) is 6.54 Å². The highest BCUT2D eigenvalue weighted by Crippen LogP contribution is 2.31. The number of nitrogens with one attached hydrogen (secondary N) is 1. The Kier molecular flexibility index (Phi) is 5.81. The van der Waals surface area contributed by atoms with Crippen LogP contribution >= 0.6 is 0 Å². The van der Waals surface area contributed by atoms with Gasteiger partial charge in [-0.25, -0.2) is 0 Å².